The normalized spacial score (nSPS) is 22.6. The van der Waals surface area contributed by atoms with E-state index in [-0.39, 0.29) is 0 Å². The van der Waals surface area contributed by atoms with Gasteiger partial charge in [0.15, 0.2) is 0 Å². The van der Waals surface area contributed by atoms with Crippen molar-refractivity contribution >= 4 is 0 Å². The van der Waals surface area contributed by atoms with Gasteiger partial charge in [-0.15, -0.1) is 0 Å². The van der Waals surface area contributed by atoms with Gasteiger partial charge in [0.2, 0.25) is 0 Å². The summed E-state index contributed by atoms with van der Waals surface area (Å²) in [5.41, 5.74) is 3.75. The third kappa shape index (κ3) is 3.05. The molecule has 0 bridgehead atoms. The van der Waals surface area contributed by atoms with Crippen molar-refractivity contribution in [2.75, 3.05) is 6.54 Å². The lowest BCUT2D eigenvalue weighted by molar-refractivity contribution is 0.0767. The average Bonchev–Trinajstić information content (AvgIpc) is 2.57. The highest BCUT2D eigenvalue weighted by atomic mass is 15.2. The van der Waals surface area contributed by atoms with Crippen molar-refractivity contribution in [2.45, 2.75) is 51.6 Å². The van der Waals surface area contributed by atoms with E-state index in [1.54, 1.807) is 0 Å². The number of nitrogens with zero attached hydrogens (tertiary/aromatic N) is 3. The van der Waals surface area contributed by atoms with Crippen molar-refractivity contribution in [3.8, 4) is 0 Å². The van der Waals surface area contributed by atoms with Gasteiger partial charge in [-0.05, 0) is 62.9 Å². The molecule has 1 aliphatic rings. The molecule has 1 saturated heterocycles. The molecule has 22 heavy (non-hydrogen) atoms. The fourth-order valence-corrected chi connectivity index (χ4v) is 3.65. The lowest BCUT2D eigenvalue weighted by Gasteiger charge is -2.42. The van der Waals surface area contributed by atoms with E-state index in [0.29, 0.717) is 12.1 Å². The van der Waals surface area contributed by atoms with E-state index in [9.17, 15) is 0 Å². The van der Waals surface area contributed by atoms with Gasteiger partial charge in [0, 0.05) is 12.4 Å². The number of piperidine rings is 1. The molecule has 3 rings (SSSR count). The Balaban J connectivity index is 1.94. The first kappa shape index (κ1) is 15.2. The maximum absolute atomic E-state index is 4.70. The van der Waals surface area contributed by atoms with Crippen LogP contribution in [0.25, 0.3) is 0 Å². The van der Waals surface area contributed by atoms with Crippen LogP contribution in [0.4, 0.5) is 0 Å². The minimum Gasteiger partial charge on any atom is -0.286 e. The van der Waals surface area contributed by atoms with E-state index in [1.165, 1.54) is 36.2 Å². The van der Waals surface area contributed by atoms with Crippen LogP contribution in [0, 0.1) is 6.92 Å². The summed E-state index contributed by atoms with van der Waals surface area (Å²) >= 11 is 0. The van der Waals surface area contributed by atoms with Gasteiger partial charge in [0.05, 0.1) is 23.5 Å². The van der Waals surface area contributed by atoms with Crippen molar-refractivity contribution in [1.29, 1.82) is 0 Å². The molecular formula is C19H25N3. The molecule has 2 aromatic heterocycles. The van der Waals surface area contributed by atoms with Gasteiger partial charge < -0.3 is 0 Å². The lowest BCUT2D eigenvalue weighted by atomic mass is 9.89. The van der Waals surface area contributed by atoms with Gasteiger partial charge in [0.25, 0.3) is 0 Å². The zero-order valence-corrected chi connectivity index (χ0v) is 13.6. The number of pyridine rings is 2. The van der Waals surface area contributed by atoms with E-state index in [4.69, 9.17) is 4.98 Å². The fourth-order valence-electron chi connectivity index (χ4n) is 3.65. The highest BCUT2D eigenvalue weighted by molar-refractivity contribution is 5.23. The smallest absolute Gasteiger partial charge is 0.0604 e. The zero-order valence-electron chi connectivity index (χ0n) is 13.6. The standard InChI is InChI=1S/C19H25N3/c1-3-14-22-17(16-9-4-5-12-20-16)10-6-11-18(22)19-15(2)8-7-13-21-19/h4-5,7-9,12-13,17-18H,3,6,10-11,14H2,1-2H3. The topological polar surface area (TPSA) is 29.0 Å². The summed E-state index contributed by atoms with van der Waals surface area (Å²) in [5.74, 6) is 0. The van der Waals surface area contributed by atoms with Crippen molar-refractivity contribution < 1.29 is 0 Å². The molecule has 3 nitrogen and oxygen atoms in total. The number of hydrogen-bond acceptors (Lipinski definition) is 3. The highest BCUT2D eigenvalue weighted by Gasteiger charge is 2.33. The SMILES string of the molecule is CCCN1C(c2ccccn2)CCCC1c1ncccc1C. The Hall–Kier alpha value is -1.74. The molecule has 0 saturated carbocycles. The van der Waals surface area contributed by atoms with Crippen molar-refractivity contribution in [3.05, 3.63) is 59.7 Å². The molecule has 1 fully saturated rings. The first-order chi connectivity index (χ1) is 10.8. The Morgan fingerprint density at radius 1 is 1.05 bits per heavy atom. The molecule has 0 aliphatic carbocycles. The Bertz CT molecular complexity index is 597. The summed E-state index contributed by atoms with van der Waals surface area (Å²) in [6.45, 7) is 5.53. The number of rotatable bonds is 4. The van der Waals surface area contributed by atoms with E-state index in [1.807, 2.05) is 24.5 Å². The number of hydrogen-bond donors (Lipinski definition) is 0. The van der Waals surface area contributed by atoms with Crippen LogP contribution in [0.3, 0.4) is 0 Å². The van der Waals surface area contributed by atoms with Crippen LogP contribution in [-0.4, -0.2) is 21.4 Å². The van der Waals surface area contributed by atoms with Crippen molar-refractivity contribution in [3.63, 3.8) is 0 Å². The monoisotopic (exact) mass is 295 g/mol. The summed E-state index contributed by atoms with van der Waals surface area (Å²) in [6, 6.07) is 11.3. The molecule has 0 radical (unpaired) electrons. The van der Waals surface area contributed by atoms with Gasteiger partial charge in [-0.2, -0.15) is 0 Å². The third-order valence-corrected chi connectivity index (χ3v) is 4.63. The highest BCUT2D eigenvalue weighted by Crippen LogP contribution is 2.41. The predicted octanol–water partition coefficient (Wildman–Crippen LogP) is 4.46. The van der Waals surface area contributed by atoms with Gasteiger partial charge in [-0.25, -0.2) is 0 Å². The number of likely N-dealkylation sites (tertiary alicyclic amines) is 1. The van der Waals surface area contributed by atoms with E-state index < -0.39 is 0 Å². The minimum absolute atomic E-state index is 0.418. The molecule has 3 heteroatoms. The van der Waals surface area contributed by atoms with Gasteiger partial charge in [0.1, 0.15) is 0 Å². The van der Waals surface area contributed by atoms with Gasteiger partial charge in [-0.3, -0.25) is 14.9 Å². The summed E-state index contributed by atoms with van der Waals surface area (Å²) in [5, 5.41) is 0. The van der Waals surface area contributed by atoms with Crippen LogP contribution in [0.5, 0.6) is 0 Å². The first-order valence-electron chi connectivity index (χ1n) is 8.39. The molecule has 116 valence electrons. The number of aryl methyl sites for hydroxylation is 1. The molecule has 2 aromatic rings. The zero-order chi connectivity index (χ0) is 15.4. The Morgan fingerprint density at radius 3 is 2.59 bits per heavy atom. The first-order valence-corrected chi connectivity index (χ1v) is 8.39. The minimum atomic E-state index is 0.418. The predicted molar refractivity (Wildman–Crippen MR) is 89.5 cm³/mol. The summed E-state index contributed by atoms with van der Waals surface area (Å²) < 4.78 is 0. The molecule has 2 unspecified atom stereocenters. The van der Waals surface area contributed by atoms with Crippen LogP contribution < -0.4 is 0 Å². The summed E-state index contributed by atoms with van der Waals surface area (Å²) in [6.07, 6.45) is 8.63. The second-order valence-corrected chi connectivity index (χ2v) is 6.16. The molecule has 0 N–H and O–H groups in total. The van der Waals surface area contributed by atoms with Crippen LogP contribution in [-0.2, 0) is 0 Å². The Labute approximate surface area is 133 Å². The molecule has 0 aromatic carbocycles. The van der Waals surface area contributed by atoms with E-state index in [2.05, 4.69) is 41.9 Å². The summed E-state index contributed by atoms with van der Waals surface area (Å²) in [7, 11) is 0. The maximum Gasteiger partial charge on any atom is 0.0604 e. The molecule has 1 aliphatic heterocycles. The quantitative estimate of drug-likeness (QED) is 0.833. The molecule has 0 amide bonds. The third-order valence-electron chi connectivity index (χ3n) is 4.63. The molecule has 3 heterocycles. The van der Waals surface area contributed by atoms with Crippen LogP contribution >= 0.6 is 0 Å². The summed E-state index contributed by atoms with van der Waals surface area (Å²) in [4.78, 5) is 12.0. The van der Waals surface area contributed by atoms with E-state index >= 15 is 0 Å². The average molecular weight is 295 g/mol. The molecular weight excluding hydrogens is 270 g/mol. The largest absolute Gasteiger partial charge is 0.286 e. The van der Waals surface area contributed by atoms with Gasteiger partial charge in [-0.1, -0.05) is 19.1 Å². The van der Waals surface area contributed by atoms with Gasteiger partial charge >= 0.3 is 0 Å². The van der Waals surface area contributed by atoms with Crippen LogP contribution in [0.2, 0.25) is 0 Å². The Kier molecular flexibility index (Phi) is 4.84. The van der Waals surface area contributed by atoms with Crippen LogP contribution in [0.1, 0.15) is 61.6 Å². The lowest BCUT2D eigenvalue weighted by Crippen LogP contribution is -2.38. The second-order valence-electron chi connectivity index (χ2n) is 6.16. The second kappa shape index (κ2) is 7.01. The van der Waals surface area contributed by atoms with Crippen LogP contribution in [0.15, 0.2) is 42.7 Å². The fraction of sp³-hybridized carbons (Fsp3) is 0.474. The van der Waals surface area contributed by atoms with Crippen molar-refractivity contribution in [1.82, 2.24) is 14.9 Å². The number of aromatic nitrogens is 2. The maximum atomic E-state index is 4.70. The van der Waals surface area contributed by atoms with E-state index in [0.717, 1.165) is 13.0 Å². The molecule has 0 spiro atoms. The van der Waals surface area contributed by atoms with Crippen molar-refractivity contribution in [2.24, 2.45) is 0 Å². The Morgan fingerprint density at radius 2 is 1.86 bits per heavy atom. The molecule has 2 atom stereocenters.